The van der Waals surface area contributed by atoms with Crippen molar-refractivity contribution in [2.45, 2.75) is 52.2 Å². The van der Waals surface area contributed by atoms with Crippen LogP contribution in [0.15, 0.2) is 128 Å². The van der Waals surface area contributed by atoms with Crippen LogP contribution in [0.25, 0.3) is 0 Å². The van der Waals surface area contributed by atoms with Crippen LogP contribution in [0.5, 0.6) is 11.5 Å². The van der Waals surface area contributed by atoms with Crippen LogP contribution in [-0.2, 0) is 26.1 Å². The fraction of sp³-hybridized carbons (Fsp3) is 0.237. The smallest absolute Gasteiger partial charge is 0.120 e. The molecule has 4 aromatic carbocycles. The second kappa shape index (κ2) is 14.3. The third kappa shape index (κ3) is 8.31. The molecule has 5 aromatic rings. The van der Waals surface area contributed by atoms with Gasteiger partial charge in [0.1, 0.15) is 24.7 Å². The molecule has 0 aliphatic carbocycles. The van der Waals surface area contributed by atoms with Gasteiger partial charge in [0.25, 0.3) is 0 Å². The van der Waals surface area contributed by atoms with Gasteiger partial charge in [0, 0.05) is 12.4 Å². The standard InChI is InChI=1S/C38H39NO2/c1-29(2)37(21-17-31-14-9-23-39-26-31)38-22-20-36(41-28-33-12-7-4-8-13-33)25-34(38)24-30-15-18-35(19-16-30)40-27-32-10-5-3-6-11-32/h3-16,18-20,22-23,25-26,29,37H,17,21,24,27-28H2,1-2H3. The summed E-state index contributed by atoms with van der Waals surface area (Å²) in [6.07, 6.45) is 6.75. The molecule has 0 aliphatic rings. The van der Waals surface area contributed by atoms with Gasteiger partial charge in [-0.25, -0.2) is 0 Å². The van der Waals surface area contributed by atoms with Gasteiger partial charge in [0.2, 0.25) is 0 Å². The van der Waals surface area contributed by atoms with Gasteiger partial charge in [0.15, 0.2) is 0 Å². The first-order valence-electron chi connectivity index (χ1n) is 14.6. The van der Waals surface area contributed by atoms with E-state index in [0.717, 1.165) is 30.8 Å². The molecule has 1 atom stereocenters. The van der Waals surface area contributed by atoms with Crippen LogP contribution in [0.4, 0.5) is 0 Å². The number of aromatic nitrogens is 1. The second-order valence-corrected chi connectivity index (χ2v) is 11.0. The van der Waals surface area contributed by atoms with Gasteiger partial charge in [-0.1, -0.05) is 98.8 Å². The summed E-state index contributed by atoms with van der Waals surface area (Å²) in [4.78, 5) is 4.32. The first-order valence-corrected chi connectivity index (χ1v) is 14.6. The Morgan fingerprint density at radius 1 is 0.610 bits per heavy atom. The summed E-state index contributed by atoms with van der Waals surface area (Å²) in [5.41, 5.74) is 7.60. The van der Waals surface area contributed by atoms with E-state index >= 15 is 0 Å². The minimum Gasteiger partial charge on any atom is -0.489 e. The zero-order valence-corrected chi connectivity index (χ0v) is 24.1. The predicted octanol–water partition coefficient (Wildman–Crippen LogP) is 9.20. The van der Waals surface area contributed by atoms with Crippen molar-refractivity contribution in [2.24, 2.45) is 5.92 Å². The number of aryl methyl sites for hydroxylation is 1. The Bertz CT molecular complexity index is 1470. The largest absolute Gasteiger partial charge is 0.489 e. The number of hydrogen-bond donors (Lipinski definition) is 0. The molecule has 0 spiro atoms. The first-order chi connectivity index (χ1) is 20.1. The van der Waals surface area contributed by atoms with Gasteiger partial charge < -0.3 is 9.47 Å². The molecule has 208 valence electrons. The maximum absolute atomic E-state index is 6.26. The third-order valence-electron chi connectivity index (χ3n) is 7.60. The van der Waals surface area contributed by atoms with Crippen LogP contribution < -0.4 is 9.47 Å². The zero-order valence-electron chi connectivity index (χ0n) is 24.1. The lowest BCUT2D eigenvalue weighted by Gasteiger charge is -2.25. The zero-order chi connectivity index (χ0) is 28.3. The number of nitrogens with zero attached hydrogens (tertiary/aromatic N) is 1. The van der Waals surface area contributed by atoms with Crippen molar-refractivity contribution in [3.05, 3.63) is 161 Å². The highest BCUT2D eigenvalue weighted by atomic mass is 16.5. The SMILES string of the molecule is CC(C)C(CCc1cccnc1)c1ccc(OCc2ccccc2)cc1Cc1ccc(OCc2ccccc2)cc1. The quantitative estimate of drug-likeness (QED) is 0.149. The predicted molar refractivity (Wildman–Crippen MR) is 167 cm³/mol. The topological polar surface area (TPSA) is 31.4 Å². The summed E-state index contributed by atoms with van der Waals surface area (Å²) in [6.45, 7) is 5.78. The van der Waals surface area contributed by atoms with Crippen LogP contribution in [0, 0.1) is 5.92 Å². The van der Waals surface area contributed by atoms with Crippen LogP contribution in [-0.4, -0.2) is 4.98 Å². The van der Waals surface area contributed by atoms with Crippen molar-refractivity contribution in [1.29, 1.82) is 0 Å². The van der Waals surface area contributed by atoms with Gasteiger partial charge in [0.05, 0.1) is 0 Å². The lowest BCUT2D eigenvalue weighted by molar-refractivity contribution is 0.305. The maximum Gasteiger partial charge on any atom is 0.120 e. The molecule has 0 N–H and O–H groups in total. The molecule has 41 heavy (non-hydrogen) atoms. The molecule has 1 aromatic heterocycles. The van der Waals surface area contributed by atoms with Crippen LogP contribution in [0.1, 0.15) is 59.6 Å². The van der Waals surface area contributed by atoms with Gasteiger partial charge >= 0.3 is 0 Å². The lowest BCUT2D eigenvalue weighted by Crippen LogP contribution is -2.12. The number of hydrogen-bond acceptors (Lipinski definition) is 3. The Labute approximate surface area is 244 Å². The van der Waals surface area contributed by atoms with Crippen LogP contribution in [0.2, 0.25) is 0 Å². The number of benzene rings is 4. The number of pyridine rings is 1. The summed E-state index contributed by atoms with van der Waals surface area (Å²) in [7, 11) is 0. The Balaban J connectivity index is 1.35. The van der Waals surface area contributed by atoms with E-state index in [9.17, 15) is 0 Å². The normalized spacial score (nSPS) is 11.8. The molecule has 1 heterocycles. The molecule has 0 radical (unpaired) electrons. The molecular formula is C38H39NO2. The summed E-state index contributed by atoms with van der Waals surface area (Å²) in [5.74, 6) is 2.73. The lowest BCUT2D eigenvalue weighted by atomic mass is 9.80. The van der Waals surface area contributed by atoms with E-state index in [1.807, 2.05) is 42.7 Å². The number of rotatable bonds is 13. The maximum atomic E-state index is 6.26. The van der Waals surface area contributed by atoms with Gasteiger partial charge in [-0.3, -0.25) is 4.98 Å². The highest BCUT2D eigenvalue weighted by Gasteiger charge is 2.20. The summed E-state index contributed by atoms with van der Waals surface area (Å²) in [6, 6.07) is 40.0. The monoisotopic (exact) mass is 541 g/mol. The Morgan fingerprint density at radius 2 is 1.22 bits per heavy atom. The molecule has 3 heteroatoms. The molecule has 0 fully saturated rings. The molecule has 1 unspecified atom stereocenters. The molecular weight excluding hydrogens is 502 g/mol. The van der Waals surface area contributed by atoms with Crippen molar-refractivity contribution < 1.29 is 9.47 Å². The van der Waals surface area contributed by atoms with E-state index in [2.05, 4.69) is 104 Å². The van der Waals surface area contributed by atoms with Crippen molar-refractivity contribution in [1.82, 2.24) is 4.98 Å². The molecule has 5 rings (SSSR count). The molecule has 3 nitrogen and oxygen atoms in total. The van der Waals surface area contributed by atoms with E-state index in [1.54, 1.807) is 0 Å². The first kappa shape index (κ1) is 28.2. The van der Waals surface area contributed by atoms with Crippen molar-refractivity contribution in [3.63, 3.8) is 0 Å². The summed E-state index contributed by atoms with van der Waals surface area (Å²) in [5, 5.41) is 0. The van der Waals surface area contributed by atoms with Gasteiger partial charge in [-0.15, -0.1) is 0 Å². The van der Waals surface area contributed by atoms with Gasteiger partial charge in [-0.2, -0.15) is 0 Å². The number of ether oxygens (including phenoxy) is 2. The summed E-state index contributed by atoms with van der Waals surface area (Å²) < 4.78 is 12.3. The van der Waals surface area contributed by atoms with Crippen molar-refractivity contribution in [3.8, 4) is 11.5 Å². The molecule has 0 saturated carbocycles. The fourth-order valence-electron chi connectivity index (χ4n) is 5.31. The highest BCUT2D eigenvalue weighted by Crippen LogP contribution is 2.35. The second-order valence-electron chi connectivity index (χ2n) is 11.0. The van der Waals surface area contributed by atoms with Gasteiger partial charge in [-0.05, 0) is 94.8 Å². The van der Waals surface area contributed by atoms with E-state index in [1.165, 1.54) is 33.4 Å². The van der Waals surface area contributed by atoms with E-state index in [0.29, 0.717) is 25.0 Å². The molecule has 0 saturated heterocycles. The Morgan fingerprint density at radius 3 is 1.83 bits per heavy atom. The minimum absolute atomic E-state index is 0.432. The third-order valence-corrected chi connectivity index (χ3v) is 7.60. The van der Waals surface area contributed by atoms with Crippen LogP contribution >= 0.6 is 0 Å². The van der Waals surface area contributed by atoms with Crippen molar-refractivity contribution >= 4 is 0 Å². The molecule has 0 bridgehead atoms. The average molecular weight is 542 g/mol. The van der Waals surface area contributed by atoms with E-state index in [-0.39, 0.29) is 0 Å². The van der Waals surface area contributed by atoms with E-state index < -0.39 is 0 Å². The summed E-state index contributed by atoms with van der Waals surface area (Å²) >= 11 is 0. The fourth-order valence-corrected chi connectivity index (χ4v) is 5.31. The minimum atomic E-state index is 0.432. The Kier molecular flexibility index (Phi) is 9.84. The van der Waals surface area contributed by atoms with E-state index in [4.69, 9.17) is 9.47 Å². The van der Waals surface area contributed by atoms with Crippen LogP contribution in [0.3, 0.4) is 0 Å². The average Bonchev–Trinajstić information content (AvgIpc) is 3.02. The molecule has 0 amide bonds. The Hall–Kier alpha value is -4.37. The molecule has 0 aliphatic heterocycles. The highest BCUT2D eigenvalue weighted by molar-refractivity contribution is 5.42. The van der Waals surface area contributed by atoms with Crippen molar-refractivity contribution in [2.75, 3.05) is 0 Å².